The molecule has 0 heterocycles. The van der Waals surface area contributed by atoms with Gasteiger partial charge in [-0.3, -0.25) is 4.90 Å². The maximum absolute atomic E-state index is 9.20. The first-order valence-corrected chi connectivity index (χ1v) is 11.3. The van der Waals surface area contributed by atoms with Crippen molar-refractivity contribution in [3.63, 3.8) is 0 Å². The summed E-state index contributed by atoms with van der Waals surface area (Å²) < 4.78 is 11.5. The molecule has 0 bridgehead atoms. The number of nitrogens with zero attached hydrogens (tertiary/aromatic N) is 1. The minimum Gasteiger partial charge on any atom is -0.395 e. The van der Waals surface area contributed by atoms with Gasteiger partial charge in [0.2, 0.25) is 0 Å². The molecule has 1 N–H and O–H groups in total. The van der Waals surface area contributed by atoms with Crippen molar-refractivity contribution < 1.29 is 14.6 Å². The molecule has 0 aromatic carbocycles. The highest BCUT2D eigenvalue weighted by atomic mass is 16.5. The van der Waals surface area contributed by atoms with Crippen molar-refractivity contribution in [1.29, 1.82) is 0 Å². The minimum atomic E-state index is 0.203. The van der Waals surface area contributed by atoms with Crippen LogP contribution in [0.2, 0.25) is 0 Å². The van der Waals surface area contributed by atoms with Crippen LogP contribution >= 0.6 is 0 Å². The standard InChI is InChI=1S/C22H47NO3/c1-3-5-7-9-11-13-19-25-21-16-23(15-18-24)17-22-26-20-14-12-10-8-6-4-2/h24H,3-22H2,1-2H3. The Kier molecular flexibility index (Phi) is 22.7. The number of aliphatic hydroxyl groups excluding tert-OH is 1. The van der Waals surface area contributed by atoms with E-state index in [0.29, 0.717) is 6.54 Å². The molecule has 0 radical (unpaired) electrons. The van der Waals surface area contributed by atoms with E-state index in [1.54, 1.807) is 0 Å². The molecular weight excluding hydrogens is 326 g/mol. The van der Waals surface area contributed by atoms with Crippen molar-refractivity contribution in [2.45, 2.75) is 90.9 Å². The third-order valence-electron chi connectivity index (χ3n) is 4.80. The number of ether oxygens (including phenoxy) is 2. The second-order valence-corrected chi connectivity index (χ2v) is 7.33. The van der Waals surface area contributed by atoms with Crippen LogP contribution in [-0.4, -0.2) is 62.7 Å². The van der Waals surface area contributed by atoms with E-state index in [9.17, 15) is 5.11 Å². The van der Waals surface area contributed by atoms with E-state index >= 15 is 0 Å². The van der Waals surface area contributed by atoms with Gasteiger partial charge in [0.15, 0.2) is 0 Å². The van der Waals surface area contributed by atoms with Gasteiger partial charge < -0.3 is 14.6 Å². The Balaban J connectivity index is 3.42. The average molecular weight is 374 g/mol. The summed E-state index contributed by atoms with van der Waals surface area (Å²) in [7, 11) is 0. The molecule has 0 amide bonds. The van der Waals surface area contributed by atoms with Crippen molar-refractivity contribution in [2.24, 2.45) is 0 Å². The summed E-state index contributed by atoms with van der Waals surface area (Å²) >= 11 is 0. The monoisotopic (exact) mass is 373 g/mol. The largest absolute Gasteiger partial charge is 0.395 e. The van der Waals surface area contributed by atoms with Crippen molar-refractivity contribution in [1.82, 2.24) is 4.90 Å². The molecule has 0 fully saturated rings. The smallest absolute Gasteiger partial charge is 0.0593 e. The third kappa shape index (κ3) is 20.2. The number of aliphatic hydroxyl groups is 1. The molecular formula is C22H47NO3. The third-order valence-corrected chi connectivity index (χ3v) is 4.80. The second kappa shape index (κ2) is 22.9. The van der Waals surface area contributed by atoms with Gasteiger partial charge in [0.25, 0.3) is 0 Å². The summed E-state index contributed by atoms with van der Waals surface area (Å²) in [4.78, 5) is 2.24. The molecule has 0 aromatic rings. The second-order valence-electron chi connectivity index (χ2n) is 7.33. The molecule has 26 heavy (non-hydrogen) atoms. The van der Waals surface area contributed by atoms with Crippen molar-refractivity contribution in [3.05, 3.63) is 0 Å². The summed E-state index contributed by atoms with van der Waals surface area (Å²) in [5, 5.41) is 9.20. The molecule has 4 nitrogen and oxygen atoms in total. The highest BCUT2D eigenvalue weighted by molar-refractivity contribution is 4.56. The molecule has 0 aromatic heterocycles. The zero-order chi connectivity index (χ0) is 19.1. The van der Waals surface area contributed by atoms with Gasteiger partial charge in [-0.1, -0.05) is 78.1 Å². The number of hydrogen-bond acceptors (Lipinski definition) is 4. The zero-order valence-electron chi connectivity index (χ0n) is 17.9. The van der Waals surface area contributed by atoms with E-state index in [4.69, 9.17) is 9.47 Å². The molecule has 0 rings (SSSR count). The molecule has 0 saturated carbocycles. The van der Waals surface area contributed by atoms with Crippen LogP contribution in [0, 0.1) is 0 Å². The number of hydrogen-bond donors (Lipinski definition) is 1. The summed E-state index contributed by atoms with van der Waals surface area (Å²) in [5.74, 6) is 0. The Hall–Kier alpha value is -0.160. The topological polar surface area (TPSA) is 41.9 Å². The van der Waals surface area contributed by atoms with Crippen molar-refractivity contribution in [3.8, 4) is 0 Å². The molecule has 0 atom stereocenters. The number of unbranched alkanes of at least 4 members (excludes halogenated alkanes) is 10. The summed E-state index contributed by atoms with van der Waals surface area (Å²) in [5.41, 5.74) is 0. The van der Waals surface area contributed by atoms with Gasteiger partial charge in [-0.2, -0.15) is 0 Å². The van der Waals surface area contributed by atoms with Crippen molar-refractivity contribution in [2.75, 3.05) is 52.7 Å². The van der Waals surface area contributed by atoms with Crippen molar-refractivity contribution >= 4 is 0 Å². The van der Waals surface area contributed by atoms with Gasteiger partial charge in [-0.25, -0.2) is 0 Å². The molecule has 0 unspecified atom stereocenters. The maximum Gasteiger partial charge on any atom is 0.0593 e. The fraction of sp³-hybridized carbons (Fsp3) is 1.00. The molecule has 0 spiro atoms. The minimum absolute atomic E-state index is 0.203. The van der Waals surface area contributed by atoms with Crippen LogP contribution < -0.4 is 0 Å². The van der Waals surface area contributed by atoms with E-state index in [0.717, 1.165) is 39.5 Å². The van der Waals surface area contributed by atoms with Gasteiger partial charge in [0, 0.05) is 32.8 Å². The highest BCUT2D eigenvalue weighted by Crippen LogP contribution is 2.06. The van der Waals surface area contributed by atoms with Gasteiger partial charge in [-0.15, -0.1) is 0 Å². The molecule has 0 aliphatic heterocycles. The zero-order valence-corrected chi connectivity index (χ0v) is 17.9. The van der Waals surface area contributed by atoms with E-state index in [1.807, 2.05) is 0 Å². The summed E-state index contributed by atoms with van der Waals surface area (Å²) in [6.45, 7) is 10.4. The predicted octanol–water partition coefficient (Wildman–Crippen LogP) is 5.03. The first kappa shape index (κ1) is 25.8. The quantitative estimate of drug-likeness (QED) is 0.270. The fourth-order valence-corrected chi connectivity index (χ4v) is 3.04. The molecule has 158 valence electrons. The Morgan fingerprint density at radius 3 is 1.38 bits per heavy atom. The van der Waals surface area contributed by atoms with Gasteiger partial charge >= 0.3 is 0 Å². The van der Waals surface area contributed by atoms with Crippen LogP contribution in [0.15, 0.2) is 0 Å². The normalized spacial score (nSPS) is 11.5. The maximum atomic E-state index is 9.20. The molecule has 0 aliphatic rings. The van der Waals surface area contributed by atoms with E-state index < -0.39 is 0 Å². The molecule has 4 heteroatoms. The lowest BCUT2D eigenvalue weighted by molar-refractivity contribution is 0.0649. The van der Waals surface area contributed by atoms with E-state index in [1.165, 1.54) is 77.0 Å². The van der Waals surface area contributed by atoms with Gasteiger partial charge in [-0.05, 0) is 12.8 Å². The predicted molar refractivity (Wildman–Crippen MR) is 112 cm³/mol. The molecule has 0 saturated heterocycles. The lowest BCUT2D eigenvalue weighted by Gasteiger charge is -2.21. The Labute approximate surface area is 163 Å². The SMILES string of the molecule is CCCCCCCCOCCN(CCO)CCOCCCCCCCC. The van der Waals surface area contributed by atoms with Crippen LogP contribution in [0.4, 0.5) is 0 Å². The Morgan fingerprint density at radius 1 is 0.538 bits per heavy atom. The van der Waals surface area contributed by atoms with Gasteiger partial charge in [0.05, 0.1) is 19.8 Å². The van der Waals surface area contributed by atoms with Gasteiger partial charge in [0.1, 0.15) is 0 Å². The first-order valence-electron chi connectivity index (χ1n) is 11.3. The van der Waals surface area contributed by atoms with E-state index in [2.05, 4.69) is 18.7 Å². The summed E-state index contributed by atoms with van der Waals surface area (Å²) in [6, 6.07) is 0. The Bertz CT molecular complexity index is 230. The average Bonchev–Trinajstić information content (AvgIpc) is 2.65. The molecule has 0 aliphatic carbocycles. The van der Waals surface area contributed by atoms with E-state index in [-0.39, 0.29) is 6.61 Å². The number of rotatable bonds is 22. The fourth-order valence-electron chi connectivity index (χ4n) is 3.04. The first-order chi connectivity index (χ1) is 12.8. The van der Waals surface area contributed by atoms with Crippen LogP contribution in [-0.2, 0) is 9.47 Å². The lowest BCUT2D eigenvalue weighted by Crippen LogP contribution is -2.33. The van der Waals surface area contributed by atoms with Crippen LogP contribution in [0.1, 0.15) is 90.9 Å². The summed E-state index contributed by atoms with van der Waals surface area (Å²) in [6.07, 6.45) is 15.6. The van der Waals surface area contributed by atoms with Crippen LogP contribution in [0.3, 0.4) is 0 Å². The Morgan fingerprint density at radius 2 is 0.962 bits per heavy atom. The lowest BCUT2D eigenvalue weighted by atomic mass is 10.1. The highest BCUT2D eigenvalue weighted by Gasteiger charge is 2.04. The van der Waals surface area contributed by atoms with Crippen LogP contribution in [0.25, 0.3) is 0 Å². The van der Waals surface area contributed by atoms with Crippen LogP contribution in [0.5, 0.6) is 0 Å².